The normalized spacial score (nSPS) is 27.0. The number of ether oxygens (including phenoxy) is 1. The van der Waals surface area contributed by atoms with Gasteiger partial charge in [0.2, 0.25) is 0 Å². The highest BCUT2D eigenvalue weighted by Gasteiger charge is 2.08. The van der Waals surface area contributed by atoms with Gasteiger partial charge >= 0.3 is 0 Å². The highest BCUT2D eigenvalue weighted by molar-refractivity contribution is 5.85. The Morgan fingerprint density at radius 2 is 2.44 bits per heavy atom. The van der Waals surface area contributed by atoms with Crippen LogP contribution in [0.2, 0.25) is 0 Å². The maximum absolute atomic E-state index is 5.36. The summed E-state index contributed by atoms with van der Waals surface area (Å²) >= 11 is 0. The van der Waals surface area contributed by atoms with Crippen molar-refractivity contribution in [3.8, 4) is 0 Å². The minimum Gasteiger partial charge on any atom is -0.376 e. The van der Waals surface area contributed by atoms with Crippen LogP contribution in [0.15, 0.2) is 0 Å². The minimum absolute atomic E-state index is 0. The maximum atomic E-state index is 5.36. The fourth-order valence-electron chi connectivity index (χ4n) is 0.882. The summed E-state index contributed by atoms with van der Waals surface area (Å²) in [5.74, 6) is 0. The Labute approximate surface area is 62.4 Å². The van der Waals surface area contributed by atoms with Gasteiger partial charge in [-0.3, -0.25) is 0 Å². The summed E-state index contributed by atoms with van der Waals surface area (Å²) in [7, 11) is 0. The van der Waals surface area contributed by atoms with Crippen molar-refractivity contribution in [1.29, 1.82) is 0 Å². The molecule has 9 heavy (non-hydrogen) atoms. The smallest absolute Gasteiger partial charge is 0.0697 e. The van der Waals surface area contributed by atoms with Gasteiger partial charge in [0.05, 0.1) is 12.7 Å². The first-order valence-electron chi connectivity index (χ1n) is 3.26. The van der Waals surface area contributed by atoms with Gasteiger partial charge in [-0.25, -0.2) is 0 Å². The van der Waals surface area contributed by atoms with E-state index in [2.05, 4.69) is 12.2 Å². The molecule has 0 aromatic heterocycles. The van der Waals surface area contributed by atoms with Crippen molar-refractivity contribution in [3.63, 3.8) is 0 Å². The van der Waals surface area contributed by atoms with E-state index < -0.39 is 0 Å². The van der Waals surface area contributed by atoms with E-state index in [1.165, 1.54) is 0 Å². The van der Waals surface area contributed by atoms with Crippen LogP contribution in [0, 0.1) is 0 Å². The van der Waals surface area contributed by atoms with E-state index in [9.17, 15) is 0 Å². The Bertz CT molecular complexity index is 64.1. The Morgan fingerprint density at radius 3 is 2.78 bits per heavy atom. The van der Waals surface area contributed by atoms with Crippen LogP contribution in [0.1, 0.15) is 13.3 Å². The van der Waals surface area contributed by atoms with Gasteiger partial charge in [-0.15, -0.1) is 12.4 Å². The quantitative estimate of drug-likeness (QED) is 0.599. The Kier molecular flexibility index (Phi) is 5.15. The summed E-state index contributed by atoms with van der Waals surface area (Å²) in [6.07, 6.45) is 1.61. The van der Waals surface area contributed by atoms with Crippen LogP contribution in [0.5, 0.6) is 0 Å². The maximum Gasteiger partial charge on any atom is 0.0697 e. The van der Waals surface area contributed by atoms with E-state index in [-0.39, 0.29) is 12.4 Å². The first-order valence-corrected chi connectivity index (χ1v) is 3.26. The molecule has 0 aromatic rings. The molecule has 0 unspecified atom stereocenters. The SMILES string of the molecule is CC[C@H]1CNCCO1.Cl. The third kappa shape index (κ3) is 3.04. The van der Waals surface area contributed by atoms with Crippen LogP contribution in [0.4, 0.5) is 0 Å². The summed E-state index contributed by atoms with van der Waals surface area (Å²) in [6, 6.07) is 0. The van der Waals surface area contributed by atoms with Crippen LogP contribution in [0.3, 0.4) is 0 Å². The third-order valence-electron chi connectivity index (χ3n) is 1.46. The fourth-order valence-corrected chi connectivity index (χ4v) is 0.882. The van der Waals surface area contributed by atoms with Crippen molar-refractivity contribution in [2.45, 2.75) is 19.4 Å². The second-order valence-electron chi connectivity index (χ2n) is 2.11. The van der Waals surface area contributed by atoms with Gasteiger partial charge in [-0.05, 0) is 6.42 Å². The van der Waals surface area contributed by atoms with E-state index in [4.69, 9.17) is 4.74 Å². The molecule has 3 heteroatoms. The number of rotatable bonds is 1. The van der Waals surface area contributed by atoms with Gasteiger partial charge in [-0.1, -0.05) is 6.92 Å². The van der Waals surface area contributed by atoms with Crippen LogP contribution in [-0.4, -0.2) is 25.8 Å². The van der Waals surface area contributed by atoms with Gasteiger partial charge in [-0.2, -0.15) is 0 Å². The van der Waals surface area contributed by atoms with E-state index in [0.717, 1.165) is 26.1 Å². The average Bonchev–Trinajstić information content (AvgIpc) is 1.90. The summed E-state index contributed by atoms with van der Waals surface area (Å²) in [5.41, 5.74) is 0. The molecule has 1 N–H and O–H groups in total. The van der Waals surface area contributed by atoms with Crippen molar-refractivity contribution in [2.75, 3.05) is 19.7 Å². The predicted octanol–water partition coefficient (Wildman–Crippen LogP) is 0.807. The molecule has 0 bridgehead atoms. The standard InChI is InChI=1S/C6H13NO.ClH/c1-2-6-5-7-3-4-8-6;/h6-7H,2-5H2,1H3;1H/t6-;/m0./s1. The Morgan fingerprint density at radius 1 is 1.67 bits per heavy atom. The van der Waals surface area contributed by atoms with Crippen molar-refractivity contribution < 1.29 is 4.74 Å². The highest BCUT2D eigenvalue weighted by Crippen LogP contribution is 1.98. The lowest BCUT2D eigenvalue weighted by atomic mass is 10.2. The van der Waals surface area contributed by atoms with E-state index >= 15 is 0 Å². The van der Waals surface area contributed by atoms with E-state index in [0.29, 0.717) is 6.10 Å². The van der Waals surface area contributed by atoms with E-state index in [1.807, 2.05) is 0 Å². The molecule has 0 amide bonds. The van der Waals surface area contributed by atoms with Gasteiger partial charge in [0.1, 0.15) is 0 Å². The van der Waals surface area contributed by atoms with Crippen molar-refractivity contribution in [2.24, 2.45) is 0 Å². The molecule has 1 saturated heterocycles. The molecule has 0 aliphatic carbocycles. The van der Waals surface area contributed by atoms with E-state index in [1.54, 1.807) is 0 Å². The summed E-state index contributed by atoms with van der Waals surface area (Å²) in [6.45, 7) is 5.10. The first kappa shape index (κ1) is 9.21. The van der Waals surface area contributed by atoms with Gasteiger partial charge in [0, 0.05) is 13.1 Å². The molecule has 1 aliphatic rings. The zero-order valence-corrected chi connectivity index (χ0v) is 6.54. The highest BCUT2D eigenvalue weighted by atomic mass is 35.5. The number of hydrogen-bond acceptors (Lipinski definition) is 2. The molecule has 0 radical (unpaired) electrons. The molecule has 1 heterocycles. The average molecular weight is 152 g/mol. The fraction of sp³-hybridized carbons (Fsp3) is 1.00. The van der Waals surface area contributed by atoms with Gasteiger partial charge in [0.15, 0.2) is 0 Å². The van der Waals surface area contributed by atoms with Gasteiger partial charge in [0.25, 0.3) is 0 Å². The second-order valence-corrected chi connectivity index (χ2v) is 2.11. The summed E-state index contributed by atoms with van der Waals surface area (Å²) in [5, 5.41) is 3.26. The minimum atomic E-state index is 0. The zero-order valence-electron chi connectivity index (χ0n) is 5.72. The lowest BCUT2D eigenvalue weighted by Gasteiger charge is -2.21. The Hall–Kier alpha value is 0.210. The summed E-state index contributed by atoms with van der Waals surface area (Å²) < 4.78 is 5.36. The molecule has 56 valence electrons. The number of hydrogen-bond donors (Lipinski definition) is 1. The molecular formula is C6H14ClNO. The number of halogens is 1. The molecule has 1 rings (SSSR count). The van der Waals surface area contributed by atoms with Crippen LogP contribution in [-0.2, 0) is 4.74 Å². The second kappa shape index (κ2) is 5.03. The number of morpholine rings is 1. The van der Waals surface area contributed by atoms with Gasteiger partial charge < -0.3 is 10.1 Å². The Balaban J connectivity index is 0.000000640. The molecule has 1 fully saturated rings. The molecular weight excluding hydrogens is 138 g/mol. The number of nitrogens with one attached hydrogen (secondary N) is 1. The third-order valence-corrected chi connectivity index (χ3v) is 1.46. The van der Waals surface area contributed by atoms with Crippen LogP contribution in [0.25, 0.3) is 0 Å². The lowest BCUT2D eigenvalue weighted by Crippen LogP contribution is -2.37. The monoisotopic (exact) mass is 151 g/mol. The topological polar surface area (TPSA) is 21.3 Å². The van der Waals surface area contributed by atoms with Crippen LogP contribution >= 0.6 is 12.4 Å². The zero-order chi connectivity index (χ0) is 5.82. The summed E-state index contributed by atoms with van der Waals surface area (Å²) in [4.78, 5) is 0. The molecule has 2 nitrogen and oxygen atoms in total. The molecule has 1 aliphatic heterocycles. The van der Waals surface area contributed by atoms with Crippen LogP contribution < -0.4 is 5.32 Å². The molecule has 0 aromatic carbocycles. The molecule has 0 saturated carbocycles. The predicted molar refractivity (Wildman–Crippen MR) is 40.1 cm³/mol. The van der Waals surface area contributed by atoms with Crippen molar-refractivity contribution in [1.82, 2.24) is 5.32 Å². The van der Waals surface area contributed by atoms with Crippen molar-refractivity contribution in [3.05, 3.63) is 0 Å². The largest absolute Gasteiger partial charge is 0.376 e. The molecule has 1 atom stereocenters. The lowest BCUT2D eigenvalue weighted by molar-refractivity contribution is 0.0267. The first-order chi connectivity index (χ1) is 3.93. The van der Waals surface area contributed by atoms with Crippen molar-refractivity contribution >= 4 is 12.4 Å². The molecule has 0 spiro atoms.